The predicted octanol–water partition coefficient (Wildman–Crippen LogP) is 2.43. The third kappa shape index (κ3) is 5.61. The topological polar surface area (TPSA) is 55.3 Å². The van der Waals surface area contributed by atoms with E-state index in [1.54, 1.807) is 12.4 Å². The zero-order chi connectivity index (χ0) is 15.6. The molecule has 0 aliphatic rings. The number of hydrogen-bond donors (Lipinski definition) is 0. The van der Waals surface area contributed by atoms with Gasteiger partial charge in [-0.25, -0.2) is 0 Å². The van der Waals surface area contributed by atoms with Gasteiger partial charge in [0.15, 0.2) is 0 Å². The highest BCUT2D eigenvalue weighted by molar-refractivity contribution is 5.69. The molecule has 2 aromatic heterocycles. The summed E-state index contributed by atoms with van der Waals surface area (Å²) in [6.45, 7) is 4.20. The van der Waals surface area contributed by atoms with Crippen LogP contribution in [0.3, 0.4) is 0 Å². The lowest BCUT2D eigenvalue weighted by molar-refractivity contribution is -0.143. The maximum atomic E-state index is 11.6. The third-order valence-corrected chi connectivity index (χ3v) is 3.16. The summed E-state index contributed by atoms with van der Waals surface area (Å²) in [7, 11) is 0. The van der Waals surface area contributed by atoms with E-state index in [1.807, 2.05) is 43.3 Å². The van der Waals surface area contributed by atoms with Crippen LogP contribution in [0.15, 0.2) is 48.8 Å². The third-order valence-electron chi connectivity index (χ3n) is 3.16. The fraction of sp³-hybridized carbons (Fsp3) is 0.353. The molecule has 0 bridgehead atoms. The summed E-state index contributed by atoms with van der Waals surface area (Å²) in [4.78, 5) is 22.4. The minimum atomic E-state index is -0.172. The lowest BCUT2D eigenvalue weighted by atomic mass is 10.2. The average molecular weight is 299 g/mol. The molecule has 116 valence electrons. The van der Waals surface area contributed by atoms with Crippen LogP contribution in [0.5, 0.6) is 0 Å². The van der Waals surface area contributed by atoms with Gasteiger partial charge in [0.1, 0.15) is 0 Å². The molecule has 22 heavy (non-hydrogen) atoms. The second-order valence-corrected chi connectivity index (χ2v) is 4.91. The fourth-order valence-corrected chi connectivity index (χ4v) is 2.14. The van der Waals surface area contributed by atoms with Crippen molar-refractivity contribution in [2.24, 2.45) is 0 Å². The van der Waals surface area contributed by atoms with Crippen LogP contribution >= 0.6 is 0 Å². The van der Waals surface area contributed by atoms with Crippen LogP contribution in [-0.2, 0) is 22.6 Å². The molecule has 2 rings (SSSR count). The van der Waals surface area contributed by atoms with Crippen molar-refractivity contribution in [3.8, 4) is 0 Å². The average Bonchev–Trinajstić information content (AvgIpc) is 2.55. The zero-order valence-corrected chi connectivity index (χ0v) is 12.8. The largest absolute Gasteiger partial charge is 0.466 e. The summed E-state index contributed by atoms with van der Waals surface area (Å²) in [5.41, 5.74) is 1.95. The number of carbonyl (C=O) groups excluding carboxylic acids is 1. The standard InChI is InChI=1S/C17H21N3O2/c1-2-22-17(21)9-12-20(13-15-7-3-5-10-18-15)14-16-8-4-6-11-19-16/h3-8,10-11H,2,9,12-14H2,1H3. The number of esters is 1. The maximum Gasteiger partial charge on any atom is 0.307 e. The van der Waals surface area contributed by atoms with Crippen molar-refractivity contribution in [1.82, 2.24) is 14.9 Å². The van der Waals surface area contributed by atoms with Crippen LogP contribution < -0.4 is 0 Å². The van der Waals surface area contributed by atoms with E-state index in [0.717, 1.165) is 11.4 Å². The number of pyridine rings is 2. The summed E-state index contributed by atoms with van der Waals surface area (Å²) in [6.07, 6.45) is 3.92. The Morgan fingerprint density at radius 2 is 1.64 bits per heavy atom. The minimum absolute atomic E-state index is 0.172. The van der Waals surface area contributed by atoms with Gasteiger partial charge in [-0.1, -0.05) is 12.1 Å². The molecule has 0 aliphatic heterocycles. The Bertz CT molecular complexity index is 519. The highest BCUT2D eigenvalue weighted by Crippen LogP contribution is 2.08. The highest BCUT2D eigenvalue weighted by atomic mass is 16.5. The fourth-order valence-electron chi connectivity index (χ4n) is 2.14. The smallest absolute Gasteiger partial charge is 0.307 e. The first kappa shape index (κ1) is 16.1. The van der Waals surface area contributed by atoms with Gasteiger partial charge < -0.3 is 4.74 Å². The number of rotatable bonds is 8. The van der Waals surface area contributed by atoms with Gasteiger partial charge in [-0.05, 0) is 31.2 Å². The monoisotopic (exact) mass is 299 g/mol. The number of aromatic nitrogens is 2. The first-order chi connectivity index (χ1) is 10.8. The molecule has 5 nitrogen and oxygen atoms in total. The Hall–Kier alpha value is -2.27. The lowest BCUT2D eigenvalue weighted by Crippen LogP contribution is -2.27. The van der Waals surface area contributed by atoms with E-state index in [2.05, 4.69) is 14.9 Å². The number of hydrogen-bond acceptors (Lipinski definition) is 5. The Kier molecular flexibility index (Phi) is 6.51. The van der Waals surface area contributed by atoms with E-state index in [4.69, 9.17) is 4.74 Å². The molecule has 0 spiro atoms. The van der Waals surface area contributed by atoms with Crippen molar-refractivity contribution in [2.45, 2.75) is 26.4 Å². The summed E-state index contributed by atoms with van der Waals surface area (Å²) in [5.74, 6) is -0.172. The van der Waals surface area contributed by atoms with Gasteiger partial charge in [0.25, 0.3) is 0 Å². The van der Waals surface area contributed by atoms with Gasteiger partial charge in [-0.3, -0.25) is 19.7 Å². The molecule has 2 heterocycles. The molecule has 0 N–H and O–H groups in total. The van der Waals surface area contributed by atoms with Crippen molar-refractivity contribution >= 4 is 5.97 Å². The van der Waals surface area contributed by atoms with Crippen LogP contribution in [0.1, 0.15) is 24.7 Å². The summed E-state index contributed by atoms with van der Waals surface area (Å²) < 4.78 is 5.00. The number of carbonyl (C=O) groups is 1. The molecule has 0 fully saturated rings. The van der Waals surface area contributed by atoms with Gasteiger partial charge in [0.2, 0.25) is 0 Å². The second kappa shape index (κ2) is 8.89. The van der Waals surface area contributed by atoms with E-state index in [1.165, 1.54) is 0 Å². The van der Waals surface area contributed by atoms with E-state index in [9.17, 15) is 4.79 Å². The Morgan fingerprint density at radius 1 is 1.05 bits per heavy atom. The Balaban J connectivity index is 1.98. The quantitative estimate of drug-likeness (QED) is 0.701. The molecule has 0 radical (unpaired) electrons. The molecule has 2 aromatic rings. The van der Waals surface area contributed by atoms with Gasteiger partial charge in [-0.2, -0.15) is 0 Å². The molecule has 0 saturated carbocycles. The predicted molar refractivity (Wildman–Crippen MR) is 83.8 cm³/mol. The maximum absolute atomic E-state index is 11.6. The van der Waals surface area contributed by atoms with E-state index < -0.39 is 0 Å². The molecule has 0 unspecified atom stereocenters. The number of ether oxygens (including phenoxy) is 1. The van der Waals surface area contributed by atoms with Crippen molar-refractivity contribution < 1.29 is 9.53 Å². The SMILES string of the molecule is CCOC(=O)CCN(Cc1ccccn1)Cc1ccccn1. The van der Waals surface area contributed by atoms with Crippen LogP contribution in [0.4, 0.5) is 0 Å². The zero-order valence-electron chi connectivity index (χ0n) is 12.8. The molecule has 0 aromatic carbocycles. The van der Waals surface area contributed by atoms with E-state index >= 15 is 0 Å². The summed E-state index contributed by atoms with van der Waals surface area (Å²) in [6, 6.07) is 11.7. The summed E-state index contributed by atoms with van der Waals surface area (Å²) >= 11 is 0. The number of nitrogens with zero attached hydrogens (tertiary/aromatic N) is 3. The molecular weight excluding hydrogens is 278 g/mol. The summed E-state index contributed by atoms with van der Waals surface area (Å²) in [5, 5.41) is 0. The first-order valence-electron chi connectivity index (χ1n) is 7.45. The highest BCUT2D eigenvalue weighted by Gasteiger charge is 2.11. The van der Waals surface area contributed by atoms with Crippen LogP contribution in [-0.4, -0.2) is 34.0 Å². The van der Waals surface area contributed by atoms with Gasteiger partial charge >= 0.3 is 5.97 Å². The minimum Gasteiger partial charge on any atom is -0.466 e. The van der Waals surface area contributed by atoms with Crippen molar-refractivity contribution in [3.05, 3.63) is 60.2 Å². The molecular formula is C17H21N3O2. The van der Waals surface area contributed by atoms with Gasteiger partial charge in [0.05, 0.1) is 24.4 Å². The molecule has 0 aliphatic carbocycles. The first-order valence-corrected chi connectivity index (χ1v) is 7.45. The van der Waals surface area contributed by atoms with Crippen LogP contribution in [0.25, 0.3) is 0 Å². The normalized spacial score (nSPS) is 10.6. The van der Waals surface area contributed by atoms with Crippen molar-refractivity contribution in [2.75, 3.05) is 13.2 Å². The van der Waals surface area contributed by atoms with E-state index in [-0.39, 0.29) is 5.97 Å². The second-order valence-electron chi connectivity index (χ2n) is 4.91. The molecule has 0 saturated heterocycles. The Labute approximate surface area is 131 Å². The molecule has 0 atom stereocenters. The Morgan fingerprint density at radius 3 is 2.09 bits per heavy atom. The lowest BCUT2D eigenvalue weighted by Gasteiger charge is -2.21. The van der Waals surface area contributed by atoms with Gasteiger partial charge in [0, 0.05) is 32.0 Å². The van der Waals surface area contributed by atoms with E-state index in [0.29, 0.717) is 32.7 Å². The molecule has 0 amide bonds. The van der Waals surface area contributed by atoms with Crippen LogP contribution in [0.2, 0.25) is 0 Å². The van der Waals surface area contributed by atoms with Crippen molar-refractivity contribution in [3.63, 3.8) is 0 Å². The molecule has 5 heteroatoms. The van der Waals surface area contributed by atoms with Gasteiger partial charge in [-0.15, -0.1) is 0 Å². The van der Waals surface area contributed by atoms with Crippen LogP contribution in [0, 0.1) is 0 Å². The van der Waals surface area contributed by atoms with Crippen molar-refractivity contribution in [1.29, 1.82) is 0 Å².